The average molecular weight is 1160 g/mol. The number of thioether (sulfide) groups is 1. The highest BCUT2D eigenvalue weighted by Crippen LogP contribution is 2.38. The van der Waals surface area contributed by atoms with Crippen molar-refractivity contribution >= 4 is 115 Å². The van der Waals surface area contributed by atoms with Crippen LogP contribution in [0.1, 0.15) is 84.8 Å². The number of carboxylic acid groups (broad SMARTS) is 1. The molecule has 11 rings (SSSR count). The van der Waals surface area contributed by atoms with E-state index in [1.165, 1.54) is 27.2 Å². The van der Waals surface area contributed by atoms with Crippen molar-refractivity contribution in [3.63, 3.8) is 0 Å². The third-order valence-electron chi connectivity index (χ3n) is 15.0. The maximum atomic E-state index is 13.8. The van der Waals surface area contributed by atoms with Gasteiger partial charge in [-0.25, -0.2) is 0 Å². The summed E-state index contributed by atoms with van der Waals surface area (Å²) in [4.78, 5) is 43.1. The number of carbonyl (C=O) groups excluding carboxylic acids is 1. The standard InChI is InChI=1S/C75H61N3O4S3/c1-6-76-73(82)71(85-75(76)83)74-77(48-70(79)80)72(81)69(84-74)47-56-20-36-62(37-21-56)66(57-10-8-7-9-11-57)44-53-22-38-63(39-23-53)78(64-40-24-54(25-41-64)45-67(58-28-12-49(2)13-29-58)59-30-14-50(3)15-31-59)65-42-26-55(27-43-65)46-68(60-32-16-51(4)17-33-60)61-34-18-52(5)19-35-61/h7-47H,6,48H2,1-5H3,(H,79,80)/b66-44+,69-47+,74-71-. The van der Waals surface area contributed by atoms with Gasteiger partial charge in [0.15, 0.2) is 0 Å². The molecule has 1 amide bonds. The minimum absolute atomic E-state index is 0.261. The predicted octanol–water partition coefficient (Wildman–Crippen LogP) is 16.3. The third kappa shape index (κ3) is 13.2. The van der Waals surface area contributed by atoms with Gasteiger partial charge in [-0.3, -0.25) is 23.9 Å². The van der Waals surface area contributed by atoms with Crippen molar-refractivity contribution in [3.05, 3.63) is 322 Å². The SMILES string of the molecule is CCN1C(=O)/C(=c2/s/c(=C/c3ccc(/C(=C/c4ccc(N(c5ccc(C=C(c6ccc(C)cc6)c6ccc(C)cc6)cc5)c5ccc(C=C(c6ccc(C)cc6)c6ccc(C)cc6)cc5)cc4)c4ccccc4)cc3)c(=O)n2CC(=O)O)SC1=S. The van der Waals surface area contributed by atoms with E-state index >= 15 is 0 Å². The molecular formula is C75H61N3O4S3. The van der Waals surface area contributed by atoms with Crippen LogP contribution in [0.25, 0.3) is 45.9 Å². The summed E-state index contributed by atoms with van der Waals surface area (Å²) < 4.78 is 2.13. The molecule has 10 aromatic rings. The summed E-state index contributed by atoms with van der Waals surface area (Å²) in [6.07, 6.45) is 8.49. The highest BCUT2D eigenvalue weighted by Gasteiger charge is 2.33. The lowest BCUT2D eigenvalue weighted by Gasteiger charge is -2.26. The Labute approximate surface area is 509 Å². The molecule has 85 heavy (non-hydrogen) atoms. The first-order chi connectivity index (χ1) is 41.2. The van der Waals surface area contributed by atoms with E-state index in [1.54, 1.807) is 6.08 Å². The van der Waals surface area contributed by atoms with Crippen molar-refractivity contribution in [1.82, 2.24) is 9.47 Å². The predicted molar refractivity (Wildman–Crippen MR) is 360 cm³/mol. The highest BCUT2D eigenvalue weighted by atomic mass is 32.2. The summed E-state index contributed by atoms with van der Waals surface area (Å²) >= 11 is 7.63. The summed E-state index contributed by atoms with van der Waals surface area (Å²) in [5, 5.41) is 9.77. The number of hydrogen-bond acceptors (Lipinski definition) is 7. The molecule has 0 unspecified atom stereocenters. The van der Waals surface area contributed by atoms with Crippen LogP contribution in [0.5, 0.6) is 0 Å². The minimum Gasteiger partial charge on any atom is -0.480 e. The largest absolute Gasteiger partial charge is 0.480 e. The Hall–Kier alpha value is -9.45. The molecule has 2 heterocycles. The summed E-state index contributed by atoms with van der Waals surface area (Å²) in [6.45, 7) is 10.1. The first kappa shape index (κ1) is 57.4. The Morgan fingerprint density at radius 2 is 0.824 bits per heavy atom. The quantitative estimate of drug-likeness (QED) is 0.0762. The number of benzene rings is 9. The van der Waals surface area contributed by atoms with Gasteiger partial charge < -0.3 is 10.0 Å². The van der Waals surface area contributed by atoms with Crippen molar-refractivity contribution in [2.45, 2.75) is 41.2 Å². The van der Waals surface area contributed by atoms with E-state index in [1.807, 2.05) is 49.4 Å². The molecule has 0 atom stereocenters. The molecule has 0 aliphatic carbocycles. The van der Waals surface area contributed by atoms with Gasteiger partial charge in [0, 0.05) is 23.6 Å². The number of carboxylic acids is 1. The third-order valence-corrected chi connectivity index (χ3v) is 17.7. The number of thiazole rings is 1. The molecule has 1 aliphatic rings. The molecule has 1 aliphatic heterocycles. The first-order valence-corrected chi connectivity index (χ1v) is 30.2. The van der Waals surface area contributed by atoms with E-state index in [2.05, 4.69) is 233 Å². The number of amides is 1. The molecule has 0 radical (unpaired) electrons. The van der Waals surface area contributed by atoms with Gasteiger partial charge in [0.05, 0.1) is 4.53 Å². The summed E-state index contributed by atoms with van der Waals surface area (Å²) in [5.41, 5.74) is 21.3. The van der Waals surface area contributed by atoms with Crippen LogP contribution in [-0.4, -0.2) is 37.3 Å². The highest BCUT2D eigenvalue weighted by molar-refractivity contribution is 8.30. The van der Waals surface area contributed by atoms with E-state index in [4.69, 9.17) is 12.2 Å². The number of thiocarbonyl (C=S) groups is 1. The number of nitrogens with zero attached hydrogens (tertiary/aromatic N) is 3. The van der Waals surface area contributed by atoms with Crippen molar-refractivity contribution < 1.29 is 14.7 Å². The van der Waals surface area contributed by atoms with Crippen molar-refractivity contribution in [2.75, 3.05) is 11.4 Å². The molecule has 7 nitrogen and oxygen atoms in total. The molecule has 0 bridgehead atoms. The Kier molecular flexibility index (Phi) is 17.3. The Bertz CT molecular complexity index is 4150. The second-order valence-electron chi connectivity index (χ2n) is 21.2. The zero-order chi connectivity index (χ0) is 59.1. The fourth-order valence-corrected chi connectivity index (χ4v) is 13.0. The number of anilines is 3. The van der Waals surface area contributed by atoms with Crippen LogP contribution in [-0.2, 0) is 16.1 Å². The number of aryl methyl sites for hydroxylation is 4. The molecule has 9 aromatic carbocycles. The van der Waals surface area contributed by atoms with Crippen LogP contribution in [0.3, 0.4) is 0 Å². The van der Waals surface area contributed by atoms with Crippen LogP contribution in [0.2, 0.25) is 0 Å². The van der Waals surface area contributed by atoms with E-state index in [0.29, 0.717) is 15.4 Å². The molecule has 1 fully saturated rings. The van der Waals surface area contributed by atoms with Crippen LogP contribution in [0, 0.1) is 27.7 Å². The van der Waals surface area contributed by atoms with Gasteiger partial charge >= 0.3 is 5.97 Å². The molecule has 418 valence electrons. The molecule has 1 saturated heterocycles. The molecule has 1 N–H and O–H groups in total. The van der Waals surface area contributed by atoms with Crippen LogP contribution < -0.4 is 19.7 Å². The molecule has 10 heteroatoms. The van der Waals surface area contributed by atoms with Crippen molar-refractivity contribution in [1.29, 1.82) is 0 Å². The molecule has 0 spiro atoms. The van der Waals surface area contributed by atoms with E-state index < -0.39 is 18.1 Å². The van der Waals surface area contributed by atoms with E-state index in [-0.39, 0.29) is 15.5 Å². The van der Waals surface area contributed by atoms with Gasteiger partial charge in [0.25, 0.3) is 11.5 Å². The van der Waals surface area contributed by atoms with Crippen LogP contribution >= 0.6 is 35.3 Å². The lowest BCUT2D eigenvalue weighted by molar-refractivity contribution is -0.137. The number of carbonyl (C=O) groups is 2. The van der Waals surface area contributed by atoms with Gasteiger partial charge in [0.1, 0.15) is 20.4 Å². The number of rotatable bonds is 16. The van der Waals surface area contributed by atoms with E-state index in [9.17, 15) is 19.5 Å². The second kappa shape index (κ2) is 25.6. The zero-order valence-electron chi connectivity index (χ0n) is 47.8. The normalized spacial score (nSPS) is 13.3. The van der Waals surface area contributed by atoms with Crippen LogP contribution in [0.4, 0.5) is 17.1 Å². The van der Waals surface area contributed by atoms with Crippen molar-refractivity contribution in [2.24, 2.45) is 0 Å². The zero-order valence-corrected chi connectivity index (χ0v) is 50.3. The Morgan fingerprint density at radius 1 is 0.482 bits per heavy atom. The summed E-state index contributed by atoms with van der Waals surface area (Å²) in [5.74, 6) is -1.51. The molecular weight excluding hydrogens is 1100 g/mol. The second-order valence-corrected chi connectivity index (χ2v) is 23.9. The number of aliphatic carboxylic acids is 1. The van der Waals surface area contributed by atoms with Gasteiger partial charge in [-0.05, 0) is 168 Å². The fraction of sp³-hybridized carbons (Fsp3) is 0.0933. The van der Waals surface area contributed by atoms with Crippen LogP contribution in [0.15, 0.2) is 229 Å². The van der Waals surface area contributed by atoms with Gasteiger partial charge in [0.2, 0.25) is 0 Å². The maximum Gasteiger partial charge on any atom is 0.323 e. The molecule has 1 aromatic heterocycles. The van der Waals surface area contributed by atoms with Crippen molar-refractivity contribution in [3.8, 4) is 0 Å². The monoisotopic (exact) mass is 1160 g/mol. The Balaban J connectivity index is 0.957. The summed E-state index contributed by atoms with van der Waals surface area (Å²) in [6, 6.07) is 79.4. The van der Waals surface area contributed by atoms with Gasteiger partial charge in [-0.15, -0.1) is 11.3 Å². The lowest BCUT2D eigenvalue weighted by Crippen LogP contribution is -2.35. The fourth-order valence-electron chi connectivity index (χ4n) is 10.3. The smallest absolute Gasteiger partial charge is 0.323 e. The van der Waals surface area contributed by atoms with Gasteiger partial charge in [-0.1, -0.05) is 234 Å². The number of aromatic nitrogens is 1. The maximum absolute atomic E-state index is 13.8. The first-order valence-electron chi connectivity index (χ1n) is 28.2. The molecule has 0 saturated carbocycles. The minimum atomic E-state index is -1.18. The average Bonchev–Trinajstić information content (AvgIpc) is 2.42. The number of hydrogen-bond donors (Lipinski definition) is 1. The van der Waals surface area contributed by atoms with E-state index in [0.717, 1.165) is 117 Å². The summed E-state index contributed by atoms with van der Waals surface area (Å²) in [7, 11) is 0. The Morgan fingerprint density at radius 3 is 1.16 bits per heavy atom. The van der Waals surface area contributed by atoms with Gasteiger partial charge in [-0.2, -0.15) is 0 Å². The topological polar surface area (TPSA) is 82.9 Å². The lowest BCUT2D eigenvalue weighted by atomic mass is 9.94.